The summed E-state index contributed by atoms with van der Waals surface area (Å²) in [6.07, 6.45) is -3.04. The van der Waals surface area contributed by atoms with Crippen LogP contribution in [0.1, 0.15) is 29.4 Å². The van der Waals surface area contributed by atoms with Crippen molar-refractivity contribution in [3.05, 3.63) is 92.9 Å². The predicted molar refractivity (Wildman–Crippen MR) is 138 cm³/mol. The molecule has 38 heavy (non-hydrogen) atoms. The molecule has 2 heterocycles. The number of anilines is 1. The number of benzene rings is 2. The van der Waals surface area contributed by atoms with E-state index < -0.39 is 23.6 Å². The van der Waals surface area contributed by atoms with Crippen LogP contribution in [0.5, 0.6) is 5.75 Å². The molecule has 0 N–H and O–H groups in total. The van der Waals surface area contributed by atoms with Gasteiger partial charge in [-0.05, 0) is 74.9 Å². The number of halogens is 4. The van der Waals surface area contributed by atoms with E-state index in [2.05, 4.69) is 0 Å². The molecule has 0 saturated heterocycles. The number of nitrogens with zero attached hydrogens (tertiary/aromatic N) is 2. The van der Waals surface area contributed by atoms with E-state index >= 15 is 0 Å². The van der Waals surface area contributed by atoms with Gasteiger partial charge < -0.3 is 14.0 Å². The minimum absolute atomic E-state index is 0.00882. The lowest BCUT2D eigenvalue weighted by Gasteiger charge is -2.19. The Hall–Kier alpha value is -3.98. The van der Waals surface area contributed by atoms with Crippen molar-refractivity contribution < 1.29 is 32.2 Å². The van der Waals surface area contributed by atoms with Gasteiger partial charge in [0.1, 0.15) is 5.75 Å². The second-order valence-corrected chi connectivity index (χ2v) is 9.09. The molecule has 4 rings (SSSR count). The zero-order chi connectivity index (χ0) is 27.9. The Balaban J connectivity index is 1.84. The standard InChI is InChI=1S/C28H24ClF3N2O4/c1-15-11-18(16(2)33(15)21-9-10-24(37-4)23(29)14-21)12-22-25(27(36)38-5)17(3)34(26(22)35)20-8-6-7-19(13-20)28(30,31)32/h6-14H,1-5H3. The number of hydrogen-bond acceptors (Lipinski definition) is 4. The maximum Gasteiger partial charge on any atom is 0.416 e. The van der Waals surface area contributed by atoms with Gasteiger partial charge >= 0.3 is 12.1 Å². The molecule has 1 aliphatic heterocycles. The van der Waals surface area contributed by atoms with Crippen LogP contribution in [-0.2, 0) is 20.5 Å². The van der Waals surface area contributed by atoms with Gasteiger partial charge in [-0.1, -0.05) is 17.7 Å². The number of amides is 1. The fraction of sp³-hybridized carbons (Fsp3) is 0.214. The molecule has 0 atom stereocenters. The highest BCUT2D eigenvalue weighted by molar-refractivity contribution is 6.32. The summed E-state index contributed by atoms with van der Waals surface area (Å²) in [5.74, 6) is -0.887. The van der Waals surface area contributed by atoms with Gasteiger partial charge in [0, 0.05) is 28.5 Å². The van der Waals surface area contributed by atoms with Gasteiger partial charge in [-0.25, -0.2) is 4.79 Å². The summed E-state index contributed by atoms with van der Waals surface area (Å²) in [7, 11) is 2.70. The Morgan fingerprint density at radius 3 is 2.32 bits per heavy atom. The van der Waals surface area contributed by atoms with Crippen LogP contribution in [0.2, 0.25) is 5.02 Å². The molecule has 2 aromatic carbocycles. The molecule has 1 aliphatic rings. The van der Waals surface area contributed by atoms with E-state index in [1.807, 2.05) is 30.5 Å². The molecule has 3 aromatic rings. The van der Waals surface area contributed by atoms with Crippen molar-refractivity contribution in [1.29, 1.82) is 0 Å². The maximum absolute atomic E-state index is 13.6. The van der Waals surface area contributed by atoms with Crippen molar-refractivity contribution in [3.63, 3.8) is 0 Å². The summed E-state index contributed by atoms with van der Waals surface area (Å²) in [6.45, 7) is 5.21. The topological polar surface area (TPSA) is 60.8 Å². The molecule has 0 spiro atoms. The molecule has 10 heteroatoms. The van der Waals surface area contributed by atoms with Crippen molar-refractivity contribution >= 4 is 35.2 Å². The van der Waals surface area contributed by atoms with E-state index in [-0.39, 0.29) is 22.5 Å². The van der Waals surface area contributed by atoms with Gasteiger partial charge in [-0.15, -0.1) is 0 Å². The van der Waals surface area contributed by atoms with Gasteiger partial charge in [0.05, 0.1) is 36.0 Å². The first-order valence-electron chi connectivity index (χ1n) is 11.4. The Kier molecular flexibility index (Phi) is 7.16. The predicted octanol–water partition coefficient (Wildman–Crippen LogP) is 6.65. The molecule has 0 saturated carbocycles. The van der Waals surface area contributed by atoms with Crippen molar-refractivity contribution in [2.45, 2.75) is 26.9 Å². The summed E-state index contributed by atoms with van der Waals surface area (Å²) in [5.41, 5.74) is 2.23. The fourth-order valence-electron chi connectivity index (χ4n) is 4.59. The van der Waals surface area contributed by atoms with E-state index in [0.29, 0.717) is 16.3 Å². The summed E-state index contributed by atoms with van der Waals surface area (Å²) in [6, 6.07) is 11.5. The smallest absolute Gasteiger partial charge is 0.416 e. The lowest BCUT2D eigenvalue weighted by Crippen LogP contribution is -2.25. The van der Waals surface area contributed by atoms with Crippen LogP contribution in [0.4, 0.5) is 18.9 Å². The number of carbonyl (C=O) groups excluding carboxylic acids is 2. The third kappa shape index (κ3) is 4.69. The molecule has 0 unspecified atom stereocenters. The van der Waals surface area contributed by atoms with Gasteiger partial charge in [-0.3, -0.25) is 9.69 Å². The highest BCUT2D eigenvalue weighted by Crippen LogP contribution is 2.39. The first-order chi connectivity index (χ1) is 17.9. The highest BCUT2D eigenvalue weighted by atomic mass is 35.5. The summed E-state index contributed by atoms with van der Waals surface area (Å²) in [5, 5.41) is 0.423. The van der Waals surface area contributed by atoms with E-state index in [0.717, 1.165) is 34.1 Å². The van der Waals surface area contributed by atoms with Gasteiger partial charge in [0.25, 0.3) is 5.91 Å². The van der Waals surface area contributed by atoms with Crippen LogP contribution in [0, 0.1) is 13.8 Å². The quantitative estimate of drug-likeness (QED) is 0.266. The molecule has 1 amide bonds. The van der Waals surface area contributed by atoms with Crippen LogP contribution < -0.4 is 9.64 Å². The molecular formula is C28H24ClF3N2O4. The molecule has 0 aliphatic carbocycles. The number of esters is 1. The number of allylic oxidation sites excluding steroid dienone is 1. The molecular weight excluding hydrogens is 521 g/mol. The van der Waals surface area contributed by atoms with Crippen molar-refractivity contribution in [2.24, 2.45) is 0 Å². The third-order valence-corrected chi connectivity index (χ3v) is 6.68. The number of aryl methyl sites for hydroxylation is 1. The van der Waals surface area contributed by atoms with Crippen LogP contribution in [-0.4, -0.2) is 30.7 Å². The number of ether oxygens (including phenoxy) is 2. The molecule has 0 radical (unpaired) electrons. The molecule has 1 aromatic heterocycles. The first kappa shape index (κ1) is 27.1. The second-order valence-electron chi connectivity index (χ2n) is 8.68. The van der Waals surface area contributed by atoms with Crippen LogP contribution in [0.25, 0.3) is 11.8 Å². The van der Waals surface area contributed by atoms with Crippen LogP contribution in [0.15, 0.2) is 65.4 Å². The largest absolute Gasteiger partial charge is 0.495 e. The Morgan fingerprint density at radius 2 is 1.71 bits per heavy atom. The van der Waals surface area contributed by atoms with E-state index in [4.69, 9.17) is 21.1 Å². The van der Waals surface area contributed by atoms with Gasteiger partial charge in [0.15, 0.2) is 0 Å². The Morgan fingerprint density at radius 1 is 1.00 bits per heavy atom. The number of alkyl halides is 3. The minimum atomic E-state index is -4.60. The van der Waals surface area contributed by atoms with Crippen molar-refractivity contribution in [2.75, 3.05) is 19.1 Å². The lowest BCUT2D eigenvalue weighted by atomic mass is 10.0. The molecule has 6 nitrogen and oxygen atoms in total. The zero-order valence-corrected chi connectivity index (χ0v) is 22.0. The average Bonchev–Trinajstić information content (AvgIpc) is 3.28. The number of aromatic nitrogens is 1. The number of hydrogen-bond donors (Lipinski definition) is 0. The summed E-state index contributed by atoms with van der Waals surface area (Å²) < 4.78 is 52.1. The van der Waals surface area contributed by atoms with Crippen LogP contribution >= 0.6 is 11.6 Å². The summed E-state index contributed by atoms with van der Waals surface area (Å²) in [4.78, 5) is 27.4. The molecule has 198 valence electrons. The molecule has 0 fully saturated rings. The normalized spacial score (nSPS) is 15.0. The Labute approximate surface area is 222 Å². The van der Waals surface area contributed by atoms with Crippen molar-refractivity contribution in [1.82, 2.24) is 4.57 Å². The fourth-order valence-corrected chi connectivity index (χ4v) is 4.85. The zero-order valence-electron chi connectivity index (χ0n) is 21.2. The minimum Gasteiger partial charge on any atom is -0.495 e. The monoisotopic (exact) mass is 544 g/mol. The van der Waals surface area contributed by atoms with Crippen LogP contribution in [0.3, 0.4) is 0 Å². The number of carbonyl (C=O) groups is 2. The van der Waals surface area contributed by atoms with Crippen molar-refractivity contribution in [3.8, 4) is 11.4 Å². The maximum atomic E-state index is 13.6. The SMILES string of the molecule is COC(=O)C1=C(C)N(c2cccc(C(F)(F)F)c2)C(=O)C1=Cc1cc(C)n(-c2ccc(OC)c(Cl)c2)c1C. The van der Waals surface area contributed by atoms with E-state index in [1.54, 1.807) is 18.2 Å². The van der Waals surface area contributed by atoms with E-state index in [1.165, 1.54) is 33.3 Å². The van der Waals surface area contributed by atoms with Gasteiger partial charge in [-0.2, -0.15) is 13.2 Å². The Bertz CT molecular complexity index is 1520. The average molecular weight is 545 g/mol. The first-order valence-corrected chi connectivity index (χ1v) is 11.8. The molecule has 0 bridgehead atoms. The lowest BCUT2D eigenvalue weighted by molar-refractivity contribution is -0.137. The van der Waals surface area contributed by atoms with E-state index in [9.17, 15) is 22.8 Å². The number of methoxy groups -OCH3 is 2. The summed E-state index contributed by atoms with van der Waals surface area (Å²) >= 11 is 6.32. The number of rotatable bonds is 5. The third-order valence-electron chi connectivity index (χ3n) is 6.38. The second kappa shape index (κ2) is 10.1. The highest BCUT2D eigenvalue weighted by Gasteiger charge is 2.39. The van der Waals surface area contributed by atoms with Gasteiger partial charge in [0.2, 0.25) is 0 Å².